The first kappa shape index (κ1) is 34.2. The van der Waals surface area contributed by atoms with E-state index in [1.165, 1.54) is 25.7 Å². The zero-order valence-electron chi connectivity index (χ0n) is 26.8. The minimum absolute atomic E-state index is 0.558. The molecule has 44 heavy (non-hydrogen) atoms. The maximum Gasteiger partial charge on any atom is 0.131 e. The summed E-state index contributed by atoms with van der Waals surface area (Å²) in [6.07, 6.45) is 5.11. The number of nitrogens with zero attached hydrogens (tertiary/aromatic N) is 2. The molecule has 2 aliphatic heterocycles. The van der Waals surface area contributed by atoms with Crippen LogP contribution in [0.5, 0.6) is 0 Å². The lowest BCUT2D eigenvalue weighted by atomic mass is 10.1. The van der Waals surface area contributed by atoms with E-state index in [0.717, 1.165) is 71.2 Å². The van der Waals surface area contributed by atoms with E-state index in [9.17, 15) is 0 Å². The Balaban J connectivity index is 0.000000183. The lowest BCUT2D eigenvalue weighted by Gasteiger charge is -2.06. The van der Waals surface area contributed by atoms with Crippen molar-refractivity contribution in [1.29, 1.82) is 0 Å². The molecule has 0 spiro atoms. The van der Waals surface area contributed by atoms with Crippen LogP contribution in [0.4, 0.5) is 11.4 Å². The van der Waals surface area contributed by atoms with Crippen molar-refractivity contribution in [3.63, 3.8) is 0 Å². The van der Waals surface area contributed by atoms with Gasteiger partial charge in [-0.1, -0.05) is 97.1 Å². The molecule has 6 nitrogen and oxygen atoms in total. The molecule has 0 aliphatic carbocycles. The van der Waals surface area contributed by atoms with Gasteiger partial charge in [0.1, 0.15) is 11.7 Å². The number of para-hydroxylation sites is 2. The Hall–Kier alpha value is -4.26. The van der Waals surface area contributed by atoms with Gasteiger partial charge in [-0.3, -0.25) is 0 Å². The van der Waals surface area contributed by atoms with Crippen LogP contribution in [0.3, 0.4) is 0 Å². The summed E-state index contributed by atoms with van der Waals surface area (Å²) in [5.41, 5.74) is 20.4. The summed E-state index contributed by atoms with van der Waals surface area (Å²) in [5, 5.41) is 0. The van der Waals surface area contributed by atoms with Crippen LogP contribution < -0.4 is 11.5 Å². The Kier molecular flexibility index (Phi) is 14.9. The molecule has 232 valence electrons. The highest BCUT2D eigenvalue weighted by Gasteiger charge is 2.04. The first-order valence-electron chi connectivity index (χ1n) is 15.4. The van der Waals surface area contributed by atoms with E-state index in [4.69, 9.17) is 20.9 Å². The first-order valence-corrected chi connectivity index (χ1v) is 15.4. The minimum atomic E-state index is 0.558. The summed E-state index contributed by atoms with van der Waals surface area (Å²) < 4.78 is 9.89. The molecule has 0 radical (unpaired) electrons. The van der Waals surface area contributed by atoms with Gasteiger partial charge in [0.25, 0.3) is 0 Å². The first-order chi connectivity index (χ1) is 21.4. The number of aliphatic imine (C=N–C) groups is 2. The average Bonchev–Trinajstić information content (AvgIpc) is 3.83. The monoisotopic (exact) mass is 592 g/mol. The van der Waals surface area contributed by atoms with Crippen molar-refractivity contribution in [2.75, 3.05) is 26.4 Å². The predicted octanol–water partition coefficient (Wildman–Crippen LogP) is 8.27. The van der Waals surface area contributed by atoms with Crippen LogP contribution >= 0.6 is 0 Å². The molecule has 6 rings (SSSR count). The Labute approximate surface area is 263 Å². The number of hydrogen-bond donors (Lipinski definition) is 2. The fraction of sp³-hybridized carbons (Fsp3) is 0.316. The molecular formula is C38H48N4O2. The lowest BCUT2D eigenvalue weighted by Crippen LogP contribution is -2.12. The van der Waals surface area contributed by atoms with Crippen LogP contribution in [0.25, 0.3) is 0 Å². The molecule has 0 amide bonds. The molecule has 2 heterocycles. The third-order valence-corrected chi connectivity index (χ3v) is 7.14. The van der Waals surface area contributed by atoms with E-state index in [2.05, 4.69) is 9.98 Å². The third kappa shape index (κ3) is 11.8. The average molecular weight is 593 g/mol. The smallest absolute Gasteiger partial charge is 0.131 e. The van der Waals surface area contributed by atoms with Crippen LogP contribution in [0.15, 0.2) is 107 Å². The Morgan fingerprint density at radius 3 is 1.00 bits per heavy atom. The third-order valence-electron chi connectivity index (χ3n) is 7.14. The van der Waals surface area contributed by atoms with Crippen molar-refractivity contribution in [1.82, 2.24) is 0 Å². The second-order valence-corrected chi connectivity index (χ2v) is 10.8. The highest BCUT2D eigenvalue weighted by molar-refractivity contribution is 6.00. The number of nitrogens with two attached hydrogens (primary N) is 2. The van der Waals surface area contributed by atoms with Gasteiger partial charge in [-0.2, -0.15) is 0 Å². The largest absolute Gasteiger partial charge is 0.383 e. The summed E-state index contributed by atoms with van der Waals surface area (Å²) in [7, 11) is 0. The van der Waals surface area contributed by atoms with Gasteiger partial charge in [0.2, 0.25) is 0 Å². The lowest BCUT2D eigenvalue weighted by molar-refractivity contribution is 0.198. The van der Waals surface area contributed by atoms with Crippen molar-refractivity contribution in [3.8, 4) is 0 Å². The predicted molar refractivity (Wildman–Crippen MR) is 186 cm³/mol. The quantitative estimate of drug-likeness (QED) is 0.184. The molecule has 2 fully saturated rings. The molecule has 2 saturated heterocycles. The standard InChI is InChI=1S/2C15H16N2.2C4H8O/c2*1-11-7-6-8-12(2)14(11)17-15(16)13-9-4-3-5-10-13;2*1-2-4-5-3-1/h2*3-10H,1-2H3,(H2,16,17);2*1-4H2. The number of amidine groups is 2. The Bertz CT molecular complexity index is 1290. The zero-order valence-corrected chi connectivity index (χ0v) is 26.8. The van der Waals surface area contributed by atoms with Gasteiger partial charge < -0.3 is 20.9 Å². The van der Waals surface area contributed by atoms with Gasteiger partial charge in [-0.25, -0.2) is 9.98 Å². The van der Waals surface area contributed by atoms with Crippen LogP contribution in [0.1, 0.15) is 59.1 Å². The molecule has 4 aromatic carbocycles. The second-order valence-electron chi connectivity index (χ2n) is 10.8. The highest BCUT2D eigenvalue weighted by Crippen LogP contribution is 2.24. The van der Waals surface area contributed by atoms with Crippen molar-refractivity contribution in [3.05, 3.63) is 130 Å². The molecule has 0 atom stereocenters. The number of aryl methyl sites for hydroxylation is 4. The van der Waals surface area contributed by atoms with Crippen molar-refractivity contribution >= 4 is 23.0 Å². The van der Waals surface area contributed by atoms with E-state index >= 15 is 0 Å². The van der Waals surface area contributed by atoms with E-state index < -0.39 is 0 Å². The van der Waals surface area contributed by atoms with E-state index in [-0.39, 0.29) is 0 Å². The Morgan fingerprint density at radius 1 is 0.455 bits per heavy atom. The van der Waals surface area contributed by atoms with Crippen molar-refractivity contribution in [2.24, 2.45) is 21.5 Å². The van der Waals surface area contributed by atoms with Crippen LogP contribution in [-0.2, 0) is 9.47 Å². The number of rotatable bonds is 4. The molecule has 0 saturated carbocycles. The maximum atomic E-state index is 6.01. The summed E-state index contributed by atoms with van der Waals surface area (Å²) in [6, 6.07) is 31.9. The minimum Gasteiger partial charge on any atom is -0.383 e. The summed E-state index contributed by atoms with van der Waals surface area (Å²) >= 11 is 0. The molecule has 0 aromatic heterocycles. The van der Waals surface area contributed by atoms with Gasteiger partial charge in [0.15, 0.2) is 0 Å². The van der Waals surface area contributed by atoms with Gasteiger partial charge in [0, 0.05) is 37.6 Å². The van der Waals surface area contributed by atoms with E-state index in [1.54, 1.807) is 0 Å². The Morgan fingerprint density at radius 2 is 0.750 bits per heavy atom. The van der Waals surface area contributed by atoms with Gasteiger partial charge in [-0.05, 0) is 75.6 Å². The molecule has 4 aromatic rings. The van der Waals surface area contributed by atoms with Crippen molar-refractivity contribution in [2.45, 2.75) is 53.4 Å². The van der Waals surface area contributed by atoms with E-state index in [1.807, 2.05) is 125 Å². The van der Waals surface area contributed by atoms with Crippen molar-refractivity contribution < 1.29 is 9.47 Å². The van der Waals surface area contributed by atoms with Gasteiger partial charge in [-0.15, -0.1) is 0 Å². The van der Waals surface area contributed by atoms with Gasteiger partial charge in [0.05, 0.1) is 11.4 Å². The normalized spacial score (nSPS) is 14.4. The molecular weight excluding hydrogens is 544 g/mol. The summed E-state index contributed by atoms with van der Waals surface area (Å²) in [6.45, 7) is 12.2. The molecule has 0 unspecified atom stereocenters. The van der Waals surface area contributed by atoms with Gasteiger partial charge >= 0.3 is 0 Å². The summed E-state index contributed by atoms with van der Waals surface area (Å²) in [5.74, 6) is 1.12. The second kappa shape index (κ2) is 19.1. The topological polar surface area (TPSA) is 95.2 Å². The molecule has 0 bridgehead atoms. The van der Waals surface area contributed by atoms with Crippen LogP contribution in [0, 0.1) is 27.7 Å². The fourth-order valence-corrected chi connectivity index (χ4v) is 4.57. The SMILES string of the molecule is C1CCOC1.C1CCOC1.Cc1cccc(C)c1N=C(N)c1ccccc1.Cc1cccc(C)c1N=C(N)c1ccccc1. The van der Waals surface area contributed by atoms with E-state index in [0.29, 0.717) is 11.7 Å². The summed E-state index contributed by atoms with van der Waals surface area (Å²) in [4.78, 5) is 9.05. The number of benzene rings is 4. The van der Waals surface area contributed by atoms with Crippen LogP contribution in [0.2, 0.25) is 0 Å². The zero-order chi connectivity index (χ0) is 31.6. The molecule has 4 N–H and O–H groups in total. The number of hydrogen-bond acceptors (Lipinski definition) is 4. The number of ether oxygens (including phenoxy) is 2. The maximum absolute atomic E-state index is 6.01. The fourth-order valence-electron chi connectivity index (χ4n) is 4.57. The van der Waals surface area contributed by atoms with Crippen LogP contribution in [-0.4, -0.2) is 38.1 Å². The molecule has 6 heteroatoms. The molecule has 2 aliphatic rings. The highest BCUT2D eigenvalue weighted by atomic mass is 16.5.